The van der Waals surface area contributed by atoms with Crippen LogP contribution in [0.25, 0.3) is 0 Å². The molecule has 9 heteroatoms. The molecule has 0 saturated carbocycles. The standard InChI is InChI=1S/C26H35N7O2/c1-5-12-29-24(34)21-16-30-25(31-20-10-9-19-15-28-13-11-18(19)14-20)33-23(21)32-22(27)8-6-7-17(2)26(3,4)35/h5-10,14,16-17,28,35H,1,11-13,15,27H2,2-4H3,(H,29,34)(H2,30,31,32,33)/b7-6-,22-8+. The number of rotatable bonds is 10. The van der Waals surface area contributed by atoms with Crippen molar-refractivity contribution in [3.05, 3.63) is 77.8 Å². The number of aromatic nitrogens is 2. The SMILES string of the molecule is C=CCNC(=O)c1cnc(Nc2ccc3c(c2)CCNC3)nc1N/C(N)=C/C=C\C(C)C(C)(C)O. The molecule has 0 fully saturated rings. The maximum Gasteiger partial charge on any atom is 0.256 e. The van der Waals surface area contributed by atoms with E-state index in [2.05, 4.69) is 49.9 Å². The first-order valence-corrected chi connectivity index (χ1v) is 11.7. The Kier molecular flexibility index (Phi) is 8.62. The van der Waals surface area contributed by atoms with Crippen LogP contribution in [0.3, 0.4) is 0 Å². The smallest absolute Gasteiger partial charge is 0.256 e. The van der Waals surface area contributed by atoms with Crippen LogP contribution < -0.4 is 27.0 Å². The van der Waals surface area contributed by atoms with Crippen LogP contribution in [-0.4, -0.2) is 39.7 Å². The number of nitrogens with one attached hydrogen (secondary N) is 4. The summed E-state index contributed by atoms with van der Waals surface area (Å²) in [6.07, 6.45) is 9.27. The van der Waals surface area contributed by atoms with E-state index in [1.807, 2.05) is 19.1 Å². The van der Waals surface area contributed by atoms with Crippen molar-refractivity contribution < 1.29 is 9.90 Å². The van der Waals surface area contributed by atoms with Crippen molar-refractivity contribution in [1.82, 2.24) is 20.6 Å². The predicted octanol–water partition coefficient (Wildman–Crippen LogP) is 2.96. The van der Waals surface area contributed by atoms with Gasteiger partial charge in [-0.15, -0.1) is 6.58 Å². The van der Waals surface area contributed by atoms with E-state index in [0.29, 0.717) is 12.5 Å². The summed E-state index contributed by atoms with van der Waals surface area (Å²) in [6.45, 7) is 11.2. The Morgan fingerprint density at radius 3 is 2.91 bits per heavy atom. The Hall–Kier alpha value is -3.69. The van der Waals surface area contributed by atoms with E-state index in [4.69, 9.17) is 5.73 Å². The van der Waals surface area contributed by atoms with E-state index >= 15 is 0 Å². The average molecular weight is 478 g/mol. The Morgan fingerprint density at radius 2 is 2.17 bits per heavy atom. The number of amides is 1. The molecule has 2 heterocycles. The van der Waals surface area contributed by atoms with Crippen molar-refractivity contribution in [2.45, 2.75) is 39.3 Å². The molecule has 7 N–H and O–H groups in total. The van der Waals surface area contributed by atoms with Gasteiger partial charge < -0.3 is 32.1 Å². The van der Waals surface area contributed by atoms with Crippen LogP contribution in [0.15, 0.2) is 61.1 Å². The van der Waals surface area contributed by atoms with E-state index in [0.717, 1.165) is 25.2 Å². The van der Waals surface area contributed by atoms with Crippen molar-refractivity contribution in [3.8, 4) is 0 Å². The Balaban J connectivity index is 1.83. The van der Waals surface area contributed by atoms with Crippen LogP contribution in [0.1, 0.15) is 42.3 Å². The van der Waals surface area contributed by atoms with E-state index in [9.17, 15) is 9.90 Å². The van der Waals surface area contributed by atoms with Crippen LogP contribution >= 0.6 is 0 Å². The molecule has 1 amide bonds. The third-order valence-electron chi connectivity index (χ3n) is 5.84. The zero-order valence-electron chi connectivity index (χ0n) is 20.6. The summed E-state index contributed by atoms with van der Waals surface area (Å²) < 4.78 is 0. The van der Waals surface area contributed by atoms with E-state index in [1.165, 1.54) is 17.3 Å². The molecule has 3 rings (SSSR count). The summed E-state index contributed by atoms with van der Waals surface area (Å²) in [6, 6.07) is 6.16. The molecular weight excluding hydrogens is 442 g/mol. The minimum absolute atomic E-state index is 0.0750. The number of fused-ring (bicyclic) bond motifs is 1. The lowest BCUT2D eigenvalue weighted by Crippen LogP contribution is -2.26. The molecule has 1 aliphatic rings. The highest BCUT2D eigenvalue weighted by Gasteiger charge is 2.19. The molecule has 1 aliphatic heterocycles. The van der Waals surface area contributed by atoms with Gasteiger partial charge >= 0.3 is 0 Å². The van der Waals surface area contributed by atoms with Crippen molar-refractivity contribution >= 4 is 23.4 Å². The Labute approximate surface area is 206 Å². The van der Waals surface area contributed by atoms with Gasteiger partial charge in [-0.25, -0.2) is 4.98 Å². The maximum absolute atomic E-state index is 12.6. The number of nitrogens with zero attached hydrogens (tertiary/aromatic N) is 2. The maximum atomic E-state index is 12.6. The molecule has 35 heavy (non-hydrogen) atoms. The number of aliphatic hydroxyl groups is 1. The second kappa shape index (κ2) is 11.6. The van der Waals surface area contributed by atoms with Crippen LogP contribution in [0.2, 0.25) is 0 Å². The molecular formula is C26H35N7O2. The fraction of sp³-hybridized carbons (Fsp3) is 0.346. The summed E-state index contributed by atoms with van der Waals surface area (Å²) in [5.74, 6) is 0.464. The highest BCUT2D eigenvalue weighted by atomic mass is 16.3. The lowest BCUT2D eigenvalue weighted by molar-refractivity contribution is 0.0441. The van der Waals surface area contributed by atoms with Gasteiger partial charge in [-0.2, -0.15) is 4.98 Å². The summed E-state index contributed by atoms with van der Waals surface area (Å²) in [4.78, 5) is 21.5. The number of carbonyl (C=O) groups is 1. The molecule has 0 spiro atoms. The lowest BCUT2D eigenvalue weighted by atomic mass is 9.93. The minimum atomic E-state index is -0.844. The predicted molar refractivity (Wildman–Crippen MR) is 140 cm³/mol. The molecule has 2 aromatic rings. The van der Waals surface area contributed by atoms with Gasteiger partial charge in [0.25, 0.3) is 5.91 Å². The molecule has 1 aromatic heterocycles. The van der Waals surface area contributed by atoms with Crippen molar-refractivity contribution in [2.75, 3.05) is 23.7 Å². The number of benzene rings is 1. The first-order chi connectivity index (χ1) is 16.7. The van der Waals surface area contributed by atoms with Crippen LogP contribution in [-0.2, 0) is 13.0 Å². The molecule has 0 aliphatic carbocycles. The van der Waals surface area contributed by atoms with Crippen molar-refractivity contribution in [3.63, 3.8) is 0 Å². The fourth-order valence-corrected chi connectivity index (χ4v) is 3.39. The molecule has 0 saturated heterocycles. The first-order valence-electron chi connectivity index (χ1n) is 11.7. The van der Waals surface area contributed by atoms with E-state index in [1.54, 1.807) is 32.1 Å². The van der Waals surface area contributed by atoms with Crippen molar-refractivity contribution in [2.24, 2.45) is 11.7 Å². The van der Waals surface area contributed by atoms with Gasteiger partial charge in [-0.05, 0) is 56.1 Å². The topological polar surface area (TPSA) is 137 Å². The molecule has 1 aromatic carbocycles. The lowest BCUT2D eigenvalue weighted by Gasteiger charge is -2.22. The summed E-state index contributed by atoms with van der Waals surface area (Å²) in [5.41, 5.74) is 8.99. The number of carbonyl (C=O) groups excluding carboxylic acids is 1. The minimum Gasteiger partial charge on any atom is -0.390 e. The zero-order chi connectivity index (χ0) is 25.4. The van der Waals surface area contributed by atoms with Crippen LogP contribution in [0.5, 0.6) is 0 Å². The van der Waals surface area contributed by atoms with Gasteiger partial charge in [0.1, 0.15) is 17.2 Å². The van der Waals surface area contributed by atoms with Gasteiger partial charge in [-0.1, -0.05) is 31.2 Å². The van der Waals surface area contributed by atoms with E-state index in [-0.39, 0.29) is 29.0 Å². The van der Waals surface area contributed by atoms with Crippen molar-refractivity contribution in [1.29, 1.82) is 0 Å². The highest BCUT2D eigenvalue weighted by Crippen LogP contribution is 2.23. The summed E-state index contributed by atoms with van der Waals surface area (Å²) in [7, 11) is 0. The molecule has 9 nitrogen and oxygen atoms in total. The summed E-state index contributed by atoms with van der Waals surface area (Å²) >= 11 is 0. The third-order valence-corrected chi connectivity index (χ3v) is 5.84. The molecule has 0 bridgehead atoms. The largest absolute Gasteiger partial charge is 0.390 e. The van der Waals surface area contributed by atoms with E-state index < -0.39 is 5.60 Å². The van der Waals surface area contributed by atoms with Gasteiger partial charge in [0.2, 0.25) is 5.95 Å². The normalized spacial score (nSPS) is 14.8. The van der Waals surface area contributed by atoms with Gasteiger partial charge in [0, 0.05) is 30.9 Å². The molecule has 1 unspecified atom stereocenters. The summed E-state index contributed by atoms with van der Waals surface area (Å²) in [5, 5.41) is 22.4. The second-order valence-electron chi connectivity index (χ2n) is 9.06. The Bertz CT molecular complexity index is 1120. The molecule has 186 valence electrons. The average Bonchev–Trinajstić information content (AvgIpc) is 2.82. The Morgan fingerprint density at radius 1 is 1.37 bits per heavy atom. The van der Waals surface area contributed by atoms with Crippen LogP contribution in [0.4, 0.5) is 17.5 Å². The number of allylic oxidation sites excluding steroid dienone is 2. The van der Waals surface area contributed by atoms with Gasteiger partial charge in [0.15, 0.2) is 0 Å². The number of nitrogens with two attached hydrogens (primary N) is 1. The highest BCUT2D eigenvalue weighted by molar-refractivity contribution is 5.99. The second-order valence-corrected chi connectivity index (χ2v) is 9.06. The monoisotopic (exact) mass is 477 g/mol. The first kappa shape index (κ1) is 25.9. The number of hydrogen-bond donors (Lipinski definition) is 6. The number of hydrogen-bond acceptors (Lipinski definition) is 8. The van der Waals surface area contributed by atoms with Gasteiger partial charge in [-0.3, -0.25) is 4.79 Å². The quantitative estimate of drug-likeness (QED) is 0.227. The molecule has 1 atom stereocenters. The fourth-order valence-electron chi connectivity index (χ4n) is 3.39. The number of anilines is 3. The molecule has 0 radical (unpaired) electrons. The zero-order valence-corrected chi connectivity index (χ0v) is 20.6. The van der Waals surface area contributed by atoms with Crippen LogP contribution in [0, 0.1) is 5.92 Å². The third kappa shape index (κ3) is 7.40. The van der Waals surface area contributed by atoms with Gasteiger partial charge in [0.05, 0.1) is 5.60 Å².